The minimum atomic E-state index is -0.384. The molecule has 3 aromatic rings. The summed E-state index contributed by atoms with van der Waals surface area (Å²) in [6.45, 7) is 0.645. The SMILES string of the molecule is O=C1NC(=O)C(Cc2ccc(OCCn3ncc4ccccc4c3=O)cc2)S1. The number of benzene rings is 2. The quantitative estimate of drug-likeness (QED) is 0.689. The molecule has 0 aliphatic carbocycles. The first kappa shape index (κ1) is 18.2. The summed E-state index contributed by atoms with van der Waals surface area (Å²) in [6, 6.07) is 14.7. The molecular weight excluding hydrogens is 378 g/mol. The molecule has 2 aromatic carbocycles. The van der Waals surface area contributed by atoms with Crippen LogP contribution in [-0.4, -0.2) is 32.8 Å². The molecule has 7 nitrogen and oxygen atoms in total. The number of carbonyl (C=O) groups excluding carboxylic acids is 2. The highest BCUT2D eigenvalue weighted by molar-refractivity contribution is 8.15. The van der Waals surface area contributed by atoms with Crippen molar-refractivity contribution in [1.82, 2.24) is 15.1 Å². The number of nitrogens with one attached hydrogen (secondary N) is 1. The Balaban J connectivity index is 1.34. The number of carbonyl (C=O) groups is 2. The molecule has 4 rings (SSSR count). The van der Waals surface area contributed by atoms with Gasteiger partial charge < -0.3 is 4.74 Å². The van der Waals surface area contributed by atoms with E-state index in [2.05, 4.69) is 10.4 Å². The van der Waals surface area contributed by atoms with E-state index in [9.17, 15) is 14.4 Å². The average Bonchev–Trinajstić information content (AvgIpc) is 3.02. The minimum absolute atomic E-state index is 0.140. The van der Waals surface area contributed by atoms with Crippen LogP contribution in [-0.2, 0) is 17.8 Å². The third-order valence-corrected chi connectivity index (χ3v) is 5.43. The van der Waals surface area contributed by atoms with Crippen molar-refractivity contribution in [2.75, 3.05) is 6.61 Å². The van der Waals surface area contributed by atoms with Crippen LogP contribution in [0.25, 0.3) is 10.8 Å². The van der Waals surface area contributed by atoms with Crippen LogP contribution in [0.2, 0.25) is 0 Å². The van der Waals surface area contributed by atoms with Gasteiger partial charge in [-0.3, -0.25) is 19.7 Å². The Morgan fingerprint density at radius 3 is 2.61 bits per heavy atom. The maximum atomic E-state index is 12.4. The number of amides is 2. The van der Waals surface area contributed by atoms with Crippen molar-refractivity contribution < 1.29 is 14.3 Å². The van der Waals surface area contributed by atoms with Crippen LogP contribution in [0.4, 0.5) is 4.79 Å². The van der Waals surface area contributed by atoms with Crippen LogP contribution >= 0.6 is 11.8 Å². The van der Waals surface area contributed by atoms with E-state index in [1.165, 1.54) is 4.68 Å². The maximum absolute atomic E-state index is 12.4. The van der Waals surface area contributed by atoms with Gasteiger partial charge in [0.25, 0.3) is 10.8 Å². The summed E-state index contributed by atoms with van der Waals surface area (Å²) in [4.78, 5) is 35.3. The van der Waals surface area contributed by atoms with Gasteiger partial charge in [0.15, 0.2) is 0 Å². The molecule has 0 spiro atoms. The van der Waals surface area contributed by atoms with Gasteiger partial charge in [-0.15, -0.1) is 0 Å². The zero-order valence-corrected chi connectivity index (χ0v) is 15.6. The Labute approximate surface area is 164 Å². The number of thioether (sulfide) groups is 1. The number of imide groups is 1. The van der Waals surface area contributed by atoms with Crippen LogP contribution < -0.4 is 15.6 Å². The van der Waals surface area contributed by atoms with E-state index in [1.54, 1.807) is 12.3 Å². The molecule has 8 heteroatoms. The summed E-state index contributed by atoms with van der Waals surface area (Å²) < 4.78 is 7.09. The van der Waals surface area contributed by atoms with Crippen molar-refractivity contribution >= 4 is 33.7 Å². The van der Waals surface area contributed by atoms with Gasteiger partial charge in [0.2, 0.25) is 5.91 Å². The molecule has 2 amide bonds. The smallest absolute Gasteiger partial charge is 0.286 e. The highest BCUT2D eigenvalue weighted by atomic mass is 32.2. The lowest BCUT2D eigenvalue weighted by Gasteiger charge is -2.10. The number of hydrogen-bond acceptors (Lipinski definition) is 6. The fraction of sp³-hybridized carbons (Fsp3) is 0.200. The molecule has 1 N–H and O–H groups in total. The minimum Gasteiger partial charge on any atom is -0.492 e. The zero-order valence-electron chi connectivity index (χ0n) is 14.8. The van der Waals surface area contributed by atoms with Gasteiger partial charge in [-0.25, -0.2) is 4.68 Å². The molecule has 1 saturated heterocycles. The Kier molecular flexibility index (Phi) is 5.12. The molecule has 0 bridgehead atoms. The van der Waals surface area contributed by atoms with Gasteiger partial charge in [0.1, 0.15) is 12.4 Å². The number of nitrogens with zero attached hydrogens (tertiary/aromatic N) is 2. The summed E-state index contributed by atoms with van der Waals surface area (Å²) in [5.41, 5.74) is 0.807. The first-order chi connectivity index (χ1) is 13.6. The van der Waals surface area contributed by atoms with Gasteiger partial charge in [-0.2, -0.15) is 5.10 Å². The average molecular weight is 395 g/mol. The first-order valence-corrected chi connectivity index (χ1v) is 9.66. The topological polar surface area (TPSA) is 90.3 Å². The summed E-state index contributed by atoms with van der Waals surface area (Å²) in [7, 11) is 0. The monoisotopic (exact) mass is 395 g/mol. The van der Waals surface area contributed by atoms with Crippen LogP contribution in [0, 0.1) is 0 Å². The summed E-state index contributed by atoms with van der Waals surface area (Å²) in [6.07, 6.45) is 2.16. The van der Waals surface area contributed by atoms with E-state index < -0.39 is 0 Å². The normalized spacial score (nSPS) is 16.4. The van der Waals surface area contributed by atoms with Crippen molar-refractivity contribution in [3.8, 4) is 5.75 Å². The molecule has 1 aliphatic heterocycles. The number of ether oxygens (including phenoxy) is 1. The van der Waals surface area contributed by atoms with Crippen molar-refractivity contribution in [2.24, 2.45) is 0 Å². The molecule has 1 unspecified atom stereocenters. The van der Waals surface area contributed by atoms with E-state index in [-0.39, 0.29) is 22.0 Å². The fourth-order valence-corrected chi connectivity index (χ4v) is 3.86. The molecule has 1 aliphatic rings. The van der Waals surface area contributed by atoms with E-state index in [4.69, 9.17) is 4.74 Å². The molecule has 1 aromatic heterocycles. The predicted molar refractivity (Wildman–Crippen MR) is 107 cm³/mol. The molecule has 28 heavy (non-hydrogen) atoms. The van der Waals surface area contributed by atoms with E-state index in [0.717, 1.165) is 22.7 Å². The lowest BCUT2D eigenvalue weighted by atomic mass is 10.1. The second-order valence-electron chi connectivity index (χ2n) is 6.34. The lowest BCUT2D eigenvalue weighted by Crippen LogP contribution is -2.25. The molecule has 1 fully saturated rings. The van der Waals surface area contributed by atoms with Gasteiger partial charge in [-0.05, 0) is 30.2 Å². The van der Waals surface area contributed by atoms with E-state index in [0.29, 0.717) is 30.7 Å². The van der Waals surface area contributed by atoms with Crippen molar-refractivity contribution in [1.29, 1.82) is 0 Å². The third-order valence-electron chi connectivity index (χ3n) is 4.45. The summed E-state index contributed by atoms with van der Waals surface area (Å²) in [5.74, 6) is 0.417. The van der Waals surface area contributed by atoms with Gasteiger partial charge >= 0.3 is 0 Å². The largest absolute Gasteiger partial charge is 0.492 e. The second-order valence-corrected chi connectivity index (χ2v) is 7.52. The lowest BCUT2D eigenvalue weighted by molar-refractivity contribution is -0.118. The van der Waals surface area contributed by atoms with Crippen LogP contribution in [0.3, 0.4) is 0 Å². The number of aromatic nitrogens is 2. The molecular formula is C20H17N3O4S. The molecule has 1 atom stereocenters. The van der Waals surface area contributed by atoms with E-state index in [1.807, 2.05) is 42.5 Å². The number of fused-ring (bicyclic) bond motifs is 1. The zero-order chi connectivity index (χ0) is 19.5. The summed E-state index contributed by atoms with van der Waals surface area (Å²) >= 11 is 1.02. The Bertz CT molecular complexity index is 1090. The van der Waals surface area contributed by atoms with Gasteiger partial charge in [0.05, 0.1) is 23.4 Å². The van der Waals surface area contributed by atoms with Crippen LogP contribution in [0.1, 0.15) is 5.56 Å². The molecule has 0 radical (unpaired) electrons. The fourth-order valence-electron chi connectivity index (χ4n) is 3.00. The van der Waals surface area contributed by atoms with Gasteiger partial charge in [0, 0.05) is 5.39 Å². The van der Waals surface area contributed by atoms with Gasteiger partial charge in [-0.1, -0.05) is 42.1 Å². The van der Waals surface area contributed by atoms with Crippen LogP contribution in [0.5, 0.6) is 5.75 Å². The van der Waals surface area contributed by atoms with E-state index >= 15 is 0 Å². The third kappa shape index (κ3) is 3.91. The summed E-state index contributed by atoms with van der Waals surface area (Å²) in [5, 5.41) is 7.23. The Morgan fingerprint density at radius 2 is 1.86 bits per heavy atom. The maximum Gasteiger partial charge on any atom is 0.286 e. The number of rotatable bonds is 6. The van der Waals surface area contributed by atoms with Crippen molar-refractivity contribution in [2.45, 2.75) is 18.2 Å². The molecule has 2 heterocycles. The van der Waals surface area contributed by atoms with Crippen molar-refractivity contribution in [3.05, 3.63) is 70.6 Å². The Morgan fingerprint density at radius 1 is 1.07 bits per heavy atom. The standard InChI is InChI=1S/C20H17N3O4S/c24-18-17(28-20(26)22-18)11-13-5-7-15(8-6-13)27-10-9-23-19(25)16-4-2-1-3-14(16)12-21-23/h1-8,12,17H,9-11H2,(H,22,24,26). The molecule has 142 valence electrons. The van der Waals surface area contributed by atoms with Crippen molar-refractivity contribution in [3.63, 3.8) is 0 Å². The highest BCUT2D eigenvalue weighted by Gasteiger charge is 2.31. The first-order valence-electron chi connectivity index (χ1n) is 8.78. The second kappa shape index (κ2) is 7.85. The Hall–Kier alpha value is -3.13. The van der Waals surface area contributed by atoms with Crippen LogP contribution in [0.15, 0.2) is 59.5 Å². The predicted octanol–water partition coefficient (Wildman–Crippen LogP) is 2.37. The number of hydrogen-bond donors (Lipinski definition) is 1. The molecule has 0 saturated carbocycles. The highest BCUT2D eigenvalue weighted by Crippen LogP contribution is 2.23.